The number of piperidine rings is 1. The SMILES string of the molecule is COc1ccc2c(c1)[C@@]13CCCC[C@H]1[C@H](C2O)N(C)CC3. The molecule has 114 valence electrons. The van der Waals surface area contributed by atoms with Crippen molar-refractivity contribution in [3.8, 4) is 5.75 Å². The number of fused-ring (bicyclic) bond motifs is 1. The molecule has 2 fully saturated rings. The molecule has 1 saturated carbocycles. The summed E-state index contributed by atoms with van der Waals surface area (Å²) in [5, 5.41) is 11.0. The summed E-state index contributed by atoms with van der Waals surface area (Å²) in [4.78, 5) is 2.39. The fourth-order valence-corrected chi connectivity index (χ4v) is 5.37. The topological polar surface area (TPSA) is 32.7 Å². The molecule has 2 bridgehead atoms. The van der Waals surface area contributed by atoms with Crippen LogP contribution in [0.25, 0.3) is 0 Å². The van der Waals surface area contributed by atoms with E-state index in [1.54, 1.807) is 7.11 Å². The summed E-state index contributed by atoms with van der Waals surface area (Å²) < 4.78 is 5.46. The number of benzene rings is 1. The molecule has 3 heteroatoms. The van der Waals surface area contributed by atoms with Gasteiger partial charge in [-0.1, -0.05) is 18.9 Å². The third kappa shape index (κ3) is 1.74. The average Bonchev–Trinajstić information content (AvgIpc) is 2.53. The zero-order valence-electron chi connectivity index (χ0n) is 13.0. The number of aliphatic hydroxyl groups excluding tert-OH is 1. The van der Waals surface area contributed by atoms with Crippen LogP contribution in [0.15, 0.2) is 18.2 Å². The van der Waals surface area contributed by atoms with Gasteiger partial charge in [0.25, 0.3) is 0 Å². The van der Waals surface area contributed by atoms with Crippen molar-refractivity contribution in [3.63, 3.8) is 0 Å². The molecule has 1 aromatic carbocycles. The van der Waals surface area contributed by atoms with E-state index >= 15 is 0 Å². The Labute approximate surface area is 126 Å². The van der Waals surface area contributed by atoms with E-state index in [9.17, 15) is 5.11 Å². The van der Waals surface area contributed by atoms with Crippen molar-refractivity contribution in [1.82, 2.24) is 4.90 Å². The average molecular weight is 287 g/mol. The minimum absolute atomic E-state index is 0.276. The molecule has 0 amide bonds. The lowest BCUT2D eigenvalue weighted by Crippen LogP contribution is -2.61. The molecule has 1 N–H and O–H groups in total. The number of aliphatic hydroxyl groups is 1. The number of ether oxygens (including phenoxy) is 1. The van der Waals surface area contributed by atoms with Gasteiger partial charge in [0.05, 0.1) is 13.2 Å². The summed E-state index contributed by atoms with van der Waals surface area (Å²) in [6, 6.07) is 6.59. The minimum atomic E-state index is -0.354. The Balaban J connectivity index is 1.92. The molecule has 0 aromatic heterocycles. The third-order valence-corrected chi connectivity index (χ3v) is 6.37. The Kier molecular flexibility index (Phi) is 3.05. The largest absolute Gasteiger partial charge is 0.497 e. The van der Waals surface area contributed by atoms with Crippen molar-refractivity contribution >= 4 is 0 Å². The number of nitrogens with zero attached hydrogens (tertiary/aromatic N) is 1. The summed E-state index contributed by atoms with van der Waals surface area (Å²) in [6.45, 7) is 1.09. The highest BCUT2D eigenvalue weighted by Gasteiger charge is 2.56. The first-order valence-electron chi connectivity index (χ1n) is 8.24. The number of methoxy groups -OCH3 is 1. The minimum Gasteiger partial charge on any atom is -0.497 e. The fourth-order valence-electron chi connectivity index (χ4n) is 5.37. The normalized spacial score (nSPS) is 38.5. The van der Waals surface area contributed by atoms with E-state index in [-0.39, 0.29) is 11.5 Å². The lowest BCUT2D eigenvalue weighted by atomic mass is 9.52. The molecule has 1 aliphatic heterocycles. The van der Waals surface area contributed by atoms with Crippen LogP contribution >= 0.6 is 0 Å². The highest BCUT2D eigenvalue weighted by Crippen LogP contribution is 2.58. The van der Waals surface area contributed by atoms with Gasteiger partial charge < -0.3 is 14.7 Å². The third-order valence-electron chi connectivity index (χ3n) is 6.37. The molecule has 4 atom stereocenters. The van der Waals surface area contributed by atoms with Gasteiger partial charge in [0.15, 0.2) is 0 Å². The second-order valence-electron chi connectivity index (χ2n) is 7.13. The van der Waals surface area contributed by atoms with Crippen molar-refractivity contribution in [3.05, 3.63) is 29.3 Å². The van der Waals surface area contributed by atoms with Gasteiger partial charge in [-0.2, -0.15) is 0 Å². The van der Waals surface area contributed by atoms with E-state index < -0.39 is 0 Å². The van der Waals surface area contributed by atoms with Gasteiger partial charge in [-0.15, -0.1) is 0 Å². The lowest BCUT2D eigenvalue weighted by Gasteiger charge is -2.59. The number of rotatable bonds is 1. The Morgan fingerprint density at radius 2 is 2.14 bits per heavy atom. The number of hydrogen-bond donors (Lipinski definition) is 1. The molecule has 4 rings (SSSR count). The molecule has 1 unspecified atom stereocenters. The van der Waals surface area contributed by atoms with Crippen LogP contribution in [-0.2, 0) is 5.41 Å². The molecule has 2 aliphatic carbocycles. The molecular weight excluding hydrogens is 262 g/mol. The van der Waals surface area contributed by atoms with E-state index in [2.05, 4.69) is 24.1 Å². The molecule has 3 nitrogen and oxygen atoms in total. The molecule has 1 saturated heterocycles. The quantitative estimate of drug-likeness (QED) is 0.862. The summed E-state index contributed by atoms with van der Waals surface area (Å²) in [5.74, 6) is 1.52. The van der Waals surface area contributed by atoms with Crippen LogP contribution in [-0.4, -0.2) is 36.8 Å². The van der Waals surface area contributed by atoms with Gasteiger partial charge in [-0.3, -0.25) is 0 Å². The van der Waals surface area contributed by atoms with Crippen LogP contribution in [0.4, 0.5) is 0 Å². The second kappa shape index (κ2) is 4.72. The van der Waals surface area contributed by atoms with Crippen LogP contribution in [0.3, 0.4) is 0 Å². The summed E-state index contributed by atoms with van der Waals surface area (Å²) in [5.41, 5.74) is 2.80. The maximum absolute atomic E-state index is 11.0. The fraction of sp³-hybridized carbons (Fsp3) is 0.667. The smallest absolute Gasteiger partial charge is 0.119 e. The predicted molar refractivity (Wildman–Crippen MR) is 82.6 cm³/mol. The number of likely N-dealkylation sites (tertiary alicyclic amines) is 1. The van der Waals surface area contributed by atoms with Gasteiger partial charge in [-0.05, 0) is 62.0 Å². The zero-order chi connectivity index (χ0) is 14.6. The van der Waals surface area contributed by atoms with Crippen LogP contribution in [0.2, 0.25) is 0 Å². The molecule has 21 heavy (non-hydrogen) atoms. The monoisotopic (exact) mass is 287 g/mol. The first-order chi connectivity index (χ1) is 10.2. The molecule has 3 aliphatic rings. The maximum atomic E-state index is 11.0. The van der Waals surface area contributed by atoms with Crippen LogP contribution in [0.5, 0.6) is 5.75 Å². The number of likely N-dealkylation sites (N-methyl/N-ethyl adjacent to an activating group) is 1. The van der Waals surface area contributed by atoms with Crippen LogP contribution in [0.1, 0.15) is 49.3 Å². The van der Waals surface area contributed by atoms with E-state index in [0.29, 0.717) is 12.0 Å². The summed E-state index contributed by atoms with van der Waals surface area (Å²) in [7, 11) is 3.91. The van der Waals surface area contributed by atoms with E-state index in [4.69, 9.17) is 4.74 Å². The lowest BCUT2D eigenvalue weighted by molar-refractivity contribution is -0.0680. The standard InChI is InChI=1S/C18H25NO2/c1-19-10-9-18-8-4-3-5-14(18)16(19)17(20)13-7-6-12(21-2)11-15(13)18/h6-7,11,14,16-17,20H,3-5,8-10H2,1-2H3/t14-,16+,17?,18+/m0/s1. The Morgan fingerprint density at radius 1 is 1.29 bits per heavy atom. The van der Waals surface area contributed by atoms with Crippen molar-refractivity contribution in [2.75, 3.05) is 20.7 Å². The predicted octanol–water partition coefficient (Wildman–Crippen LogP) is 2.87. The maximum Gasteiger partial charge on any atom is 0.119 e. The Hall–Kier alpha value is -1.06. The zero-order valence-corrected chi connectivity index (χ0v) is 13.0. The van der Waals surface area contributed by atoms with Gasteiger partial charge >= 0.3 is 0 Å². The summed E-state index contributed by atoms with van der Waals surface area (Å²) >= 11 is 0. The molecule has 0 spiro atoms. The van der Waals surface area contributed by atoms with Crippen LogP contribution < -0.4 is 4.74 Å². The van der Waals surface area contributed by atoms with E-state index in [1.807, 2.05) is 6.07 Å². The first-order valence-corrected chi connectivity index (χ1v) is 8.24. The van der Waals surface area contributed by atoms with Crippen LogP contribution in [0, 0.1) is 5.92 Å². The first kappa shape index (κ1) is 13.6. The molecule has 1 aromatic rings. The van der Waals surface area contributed by atoms with E-state index in [0.717, 1.165) is 17.9 Å². The van der Waals surface area contributed by atoms with Gasteiger partial charge in [0.2, 0.25) is 0 Å². The van der Waals surface area contributed by atoms with Crippen molar-refractivity contribution in [2.45, 2.75) is 49.7 Å². The van der Waals surface area contributed by atoms with Gasteiger partial charge in [0, 0.05) is 11.5 Å². The second-order valence-corrected chi connectivity index (χ2v) is 7.13. The molecule has 0 radical (unpaired) electrons. The Bertz CT molecular complexity index is 558. The van der Waals surface area contributed by atoms with Crippen molar-refractivity contribution < 1.29 is 9.84 Å². The Morgan fingerprint density at radius 3 is 2.95 bits per heavy atom. The van der Waals surface area contributed by atoms with Crippen molar-refractivity contribution in [2.24, 2.45) is 5.92 Å². The van der Waals surface area contributed by atoms with Gasteiger partial charge in [-0.25, -0.2) is 0 Å². The molecular formula is C18H25NO2. The number of hydrogen-bond acceptors (Lipinski definition) is 3. The highest BCUT2D eigenvalue weighted by molar-refractivity contribution is 5.47. The van der Waals surface area contributed by atoms with E-state index in [1.165, 1.54) is 37.7 Å². The van der Waals surface area contributed by atoms with Gasteiger partial charge in [0.1, 0.15) is 5.75 Å². The highest BCUT2D eigenvalue weighted by atomic mass is 16.5. The summed E-state index contributed by atoms with van der Waals surface area (Å²) in [6.07, 6.45) is 6.02. The van der Waals surface area contributed by atoms with Crippen molar-refractivity contribution in [1.29, 1.82) is 0 Å². The molecule has 1 heterocycles.